The molecule has 4 aromatic rings. The Balaban J connectivity index is 1.58. The number of nitriles is 1. The van der Waals surface area contributed by atoms with Gasteiger partial charge in [-0.3, -0.25) is 0 Å². The number of imidazole rings is 1. The summed E-state index contributed by atoms with van der Waals surface area (Å²) in [4.78, 5) is 10.7. The van der Waals surface area contributed by atoms with E-state index in [0.29, 0.717) is 47.1 Å². The third kappa shape index (κ3) is 3.05. The minimum atomic E-state index is -0.456. The third-order valence-electron chi connectivity index (χ3n) is 5.34. The van der Waals surface area contributed by atoms with Crippen LogP contribution in [0.25, 0.3) is 17.0 Å². The second kappa shape index (κ2) is 7.19. The first kappa shape index (κ1) is 18.2. The van der Waals surface area contributed by atoms with Crippen LogP contribution in [0.3, 0.4) is 0 Å². The van der Waals surface area contributed by atoms with Crippen LogP contribution in [-0.2, 0) is 0 Å². The van der Waals surface area contributed by atoms with E-state index in [9.17, 15) is 8.78 Å². The van der Waals surface area contributed by atoms with Crippen molar-refractivity contribution in [3.05, 3.63) is 77.6 Å². The van der Waals surface area contributed by atoms with Gasteiger partial charge in [-0.1, -0.05) is 6.07 Å². The Morgan fingerprint density at radius 1 is 1.10 bits per heavy atom. The molecule has 5 rings (SSSR count). The molecule has 3 aromatic heterocycles. The first-order valence-corrected chi connectivity index (χ1v) is 9.58. The quantitative estimate of drug-likeness (QED) is 0.512. The van der Waals surface area contributed by atoms with E-state index >= 15 is 0 Å². The highest BCUT2D eigenvalue weighted by atomic mass is 19.1. The molecular formula is C22H16F2N6. The molecular weight excluding hydrogens is 386 g/mol. The van der Waals surface area contributed by atoms with Gasteiger partial charge in [-0.25, -0.2) is 23.3 Å². The molecule has 0 unspecified atom stereocenters. The lowest BCUT2D eigenvalue weighted by Gasteiger charge is -2.26. The molecule has 6 nitrogen and oxygen atoms in total. The predicted octanol–water partition coefficient (Wildman–Crippen LogP) is 4.28. The van der Waals surface area contributed by atoms with Crippen molar-refractivity contribution in [1.82, 2.24) is 19.6 Å². The molecule has 30 heavy (non-hydrogen) atoms. The van der Waals surface area contributed by atoms with Crippen molar-refractivity contribution in [3.63, 3.8) is 0 Å². The lowest BCUT2D eigenvalue weighted by molar-refractivity contribution is 0.559. The largest absolute Gasteiger partial charge is 0.348 e. The fourth-order valence-corrected chi connectivity index (χ4v) is 3.97. The molecule has 1 atom stereocenters. The maximum absolute atomic E-state index is 14.4. The van der Waals surface area contributed by atoms with Crippen molar-refractivity contribution < 1.29 is 8.78 Å². The smallest absolute Gasteiger partial charge is 0.154 e. The van der Waals surface area contributed by atoms with Crippen molar-refractivity contribution in [2.75, 3.05) is 11.4 Å². The average molecular weight is 402 g/mol. The van der Waals surface area contributed by atoms with E-state index in [0.717, 1.165) is 12.5 Å². The molecule has 0 saturated carbocycles. The van der Waals surface area contributed by atoms with Gasteiger partial charge in [0.1, 0.15) is 34.9 Å². The van der Waals surface area contributed by atoms with Crippen molar-refractivity contribution in [1.29, 1.82) is 5.26 Å². The van der Waals surface area contributed by atoms with E-state index in [1.165, 1.54) is 12.1 Å². The molecule has 1 aromatic carbocycles. The van der Waals surface area contributed by atoms with E-state index < -0.39 is 11.6 Å². The summed E-state index contributed by atoms with van der Waals surface area (Å²) in [6.45, 7) is 0.686. The van der Waals surface area contributed by atoms with Crippen LogP contribution < -0.4 is 4.90 Å². The van der Waals surface area contributed by atoms with Crippen molar-refractivity contribution in [2.24, 2.45) is 0 Å². The molecule has 0 aliphatic carbocycles. The summed E-state index contributed by atoms with van der Waals surface area (Å²) < 4.78 is 29.8. The Morgan fingerprint density at radius 3 is 2.87 bits per heavy atom. The number of aromatic nitrogens is 4. The van der Waals surface area contributed by atoms with E-state index in [2.05, 4.69) is 9.97 Å². The van der Waals surface area contributed by atoms with Crippen LogP contribution in [0.1, 0.15) is 30.1 Å². The van der Waals surface area contributed by atoms with Gasteiger partial charge in [0.2, 0.25) is 0 Å². The van der Waals surface area contributed by atoms with Gasteiger partial charge in [0.05, 0.1) is 17.9 Å². The zero-order valence-electron chi connectivity index (χ0n) is 15.8. The fraction of sp³-hybridized carbons (Fsp3) is 0.182. The second-order valence-electron chi connectivity index (χ2n) is 7.14. The zero-order valence-corrected chi connectivity index (χ0v) is 15.8. The summed E-state index contributed by atoms with van der Waals surface area (Å²) in [5.74, 6) is -0.235. The van der Waals surface area contributed by atoms with Crippen molar-refractivity contribution >= 4 is 11.5 Å². The molecule has 4 heterocycles. The minimum absolute atomic E-state index is 0.294. The predicted molar refractivity (Wildman–Crippen MR) is 107 cm³/mol. The first-order valence-electron chi connectivity index (χ1n) is 9.58. The number of anilines is 1. The summed E-state index contributed by atoms with van der Waals surface area (Å²) in [5, 5.41) is 13.8. The van der Waals surface area contributed by atoms with Gasteiger partial charge in [-0.2, -0.15) is 5.26 Å². The number of fused-ring (bicyclic) bond motifs is 1. The summed E-state index contributed by atoms with van der Waals surface area (Å²) in [6.07, 6.45) is 3.22. The van der Waals surface area contributed by atoms with Crippen LogP contribution in [0.4, 0.5) is 14.6 Å². The second-order valence-corrected chi connectivity index (χ2v) is 7.14. The van der Waals surface area contributed by atoms with Gasteiger partial charge in [-0.15, -0.1) is 5.10 Å². The van der Waals surface area contributed by atoms with E-state index in [-0.39, 0.29) is 6.04 Å². The molecule has 148 valence electrons. The molecule has 1 aliphatic rings. The summed E-state index contributed by atoms with van der Waals surface area (Å²) in [6, 6.07) is 14.1. The SMILES string of the molecule is N#Cc1cccc(-c2cnc3ccc(N4CCC[C@H]4c4cc(F)ccc4F)nn23)n1. The Bertz CT molecular complexity index is 1290. The Kier molecular flexibility index (Phi) is 4.36. The van der Waals surface area contributed by atoms with Crippen LogP contribution in [-0.4, -0.2) is 26.1 Å². The molecule has 0 amide bonds. The standard InChI is InChI=1S/C22H16F2N6/c23-14-6-7-17(24)16(11-14)19-5-2-10-29(19)22-9-8-21-26-13-20(30(21)28-22)18-4-1-3-15(12-25)27-18/h1,3-4,6-9,11,13,19H,2,5,10H2/t19-/m0/s1. The molecule has 0 N–H and O–H groups in total. The van der Waals surface area contributed by atoms with Gasteiger partial charge in [0, 0.05) is 12.1 Å². The minimum Gasteiger partial charge on any atom is -0.348 e. The van der Waals surface area contributed by atoms with Gasteiger partial charge in [0.15, 0.2) is 5.65 Å². The molecule has 8 heteroatoms. The maximum Gasteiger partial charge on any atom is 0.154 e. The van der Waals surface area contributed by atoms with E-state index in [1.807, 2.05) is 23.1 Å². The highest BCUT2D eigenvalue weighted by Crippen LogP contribution is 2.36. The summed E-state index contributed by atoms with van der Waals surface area (Å²) in [5.41, 5.74) is 2.51. The molecule has 1 saturated heterocycles. The molecule has 1 aliphatic heterocycles. The summed E-state index contributed by atoms with van der Waals surface area (Å²) in [7, 11) is 0. The molecule has 0 bridgehead atoms. The molecule has 0 radical (unpaired) electrons. The number of benzene rings is 1. The van der Waals surface area contributed by atoms with Crippen molar-refractivity contribution in [2.45, 2.75) is 18.9 Å². The number of nitrogens with zero attached hydrogens (tertiary/aromatic N) is 6. The highest BCUT2D eigenvalue weighted by molar-refractivity contribution is 5.61. The highest BCUT2D eigenvalue weighted by Gasteiger charge is 2.30. The average Bonchev–Trinajstić information content (AvgIpc) is 3.42. The number of hydrogen-bond donors (Lipinski definition) is 0. The van der Waals surface area contributed by atoms with E-state index in [4.69, 9.17) is 10.4 Å². The molecule has 1 fully saturated rings. The van der Waals surface area contributed by atoms with Gasteiger partial charge < -0.3 is 4.90 Å². The number of hydrogen-bond acceptors (Lipinski definition) is 5. The Labute approximate surface area is 171 Å². The van der Waals surface area contributed by atoms with Crippen LogP contribution in [0, 0.1) is 23.0 Å². The van der Waals surface area contributed by atoms with Gasteiger partial charge in [0.25, 0.3) is 0 Å². The monoisotopic (exact) mass is 402 g/mol. The first-order chi connectivity index (χ1) is 14.6. The Hall–Kier alpha value is -3.86. The van der Waals surface area contributed by atoms with Gasteiger partial charge in [-0.05, 0) is 55.3 Å². The number of pyridine rings is 1. The molecule has 0 spiro atoms. The number of halogens is 2. The fourth-order valence-electron chi connectivity index (χ4n) is 3.97. The van der Waals surface area contributed by atoms with Crippen LogP contribution in [0.5, 0.6) is 0 Å². The lowest BCUT2D eigenvalue weighted by Crippen LogP contribution is -2.25. The Morgan fingerprint density at radius 2 is 2.00 bits per heavy atom. The van der Waals surface area contributed by atoms with Gasteiger partial charge >= 0.3 is 0 Å². The van der Waals surface area contributed by atoms with Crippen LogP contribution >= 0.6 is 0 Å². The van der Waals surface area contributed by atoms with E-state index in [1.54, 1.807) is 28.9 Å². The normalized spacial score (nSPS) is 16.2. The third-order valence-corrected chi connectivity index (χ3v) is 5.34. The lowest BCUT2D eigenvalue weighted by atomic mass is 10.0. The topological polar surface area (TPSA) is 70.1 Å². The maximum atomic E-state index is 14.4. The zero-order chi connectivity index (χ0) is 20.7. The van der Waals surface area contributed by atoms with Crippen molar-refractivity contribution in [3.8, 4) is 17.5 Å². The van der Waals surface area contributed by atoms with Crippen LogP contribution in [0.2, 0.25) is 0 Å². The number of rotatable bonds is 3. The van der Waals surface area contributed by atoms with Crippen LogP contribution in [0.15, 0.2) is 54.7 Å². The summed E-state index contributed by atoms with van der Waals surface area (Å²) >= 11 is 0.